The second kappa shape index (κ2) is 8.09. The fraction of sp³-hybridized carbons (Fsp3) is 0.167. The molecule has 5 nitrogen and oxygen atoms in total. The molecule has 0 aliphatic heterocycles. The first kappa shape index (κ1) is 17.4. The highest BCUT2D eigenvalue weighted by Gasteiger charge is 2.10. The molecule has 0 unspecified atom stereocenters. The molecule has 1 heterocycles. The lowest BCUT2D eigenvalue weighted by Gasteiger charge is -2.04. The van der Waals surface area contributed by atoms with Crippen molar-refractivity contribution < 1.29 is 9.53 Å². The van der Waals surface area contributed by atoms with Crippen LogP contribution in [0.4, 0.5) is 5.13 Å². The predicted molar refractivity (Wildman–Crippen MR) is 99.5 cm³/mol. The number of hydrogen-bond acceptors (Lipinski definition) is 5. The molecule has 0 fully saturated rings. The maximum absolute atomic E-state index is 12.1. The maximum Gasteiger partial charge on any atom is 0.257 e. The van der Waals surface area contributed by atoms with E-state index in [-0.39, 0.29) is 5.91 Å². The normalized spacial score (nSPS) is 10.5. The van der Waals surface area contributed by atoms with Crippen LogP contribution in [0.2, 0.25) is 5.02 Å². The second-order valence-electron chi connectivity index (χ2n) is 5.25. The topological polar surface area (TPSA) is 64.1 Å². The van der Waals surface area contributed by atoms with Crippen molar-refractivity contribution in [2.45, 2.75) is 20.0 Å². The van der Waals surface area contributed by atoms with Crippen LogP contribution in [0.15, 0.2) is 48.5 Å². The lowest BCUT2D eigenvalue weighted by molar-refractivity contribution is 0.102. The monoisotopic (exact) mass is 373 g/mol. The number of hydrogen-bond donors (Lipinski definition) is 1. The molecular weight excluding hydrogens is 358 g/mol. The Morgan fingerprint density at radius 1 is 1.12 bits per heavy atom. The van der Waals surface area contributed by atoms with Crippen LogP contribution in [0.1, 0.15) is 27.9 Å². The number of aryl methyl sites for hydroxylation is 1. The van der Waals surface area contributed by atoms with Gasteiger partial charge in [-0.15, -0.1) is 10.2 Å². The highest BCUT2D eigenvalue weighted by Crippen LogP contribution is 2.20. The van der Waals surface area contributed by atoms with Crippen LogP contribution in [0.25, 0.3) is 0 Å². The average molecular weight is 374 g/mol. The first-order valence-electron chi connectivity index (χ1n) is 7.75. The zero-order valence-corrected chi connectivity index (χ0v) is 15.1. The van der Waals surface area contributed by atoms with Gasteiger partial charge in [-0.1, -0.05) is 42.0 Å². The number of nitrogens with zero attached hydrogens (tertiary/aromatic N) is 2. The van der Waals surface area contributed by atoms with E-state index >= 15 is 0 Å². The summed E-state index contributed by atoms with van der Waals surface area (Å²) in [4.78, 5) is 12.1. The molecule has 0 radical (unpaired) electrons. The number of carbonyl (C=O) groups excluding carboxylic acids is 1. The highest BCUT2D eigenvalue weighted by molar-refractivity contribution is 7.15. The van der Waals surface area contributed by atoms with Gasteiger partial charge < -0.3 is 4.74 Å². The fourth-order valence-corrected chi connectivity index (χ4v) is 2.87. The largest absolute Gasteiger partial charge is 0.486 e. The summed E-state index contributed by atoms with van der Waals surface area (Å²) in [6.45, 7) is 2.41. The Balaban J connectivity index is 1.56. The van der Waals surface area contributed by atoms with Crippen LogP contribution in [-0.4, -0.2) is 16.1 Å². The van der Waals surface area contributed by atoms with Crippen molar-refractivity contribution in [2.75, 3.05) is 5.32 Å². The van der Waals surface area contributed by atoms with E-state index in [2.05, 4.69) is 22.4 Å². The van der Waals surface area contributed by atoms with Crippen molar-refractivity contribution in [1.82, 2.24) is 10.2 Å². The van der Waals surface area contributed by atoms with Crippen LogP contribution < -0.4 is 10.1 Å². The molecule has 0 aliphatic carbocycles. The first-order valence-corrected chi connectivity index (χ1v) is 8.94. The van der Waals surface area contributed by atoms with Gasteiger partial charge in [0.05, 0.1) is 0 Å². The summed E-state index contributed by atoms with van der Waals surface area (Å²) in [6, 6.07) is 14.6. The summed E-state index contributed by atoms with van der Waals surface area (Å²) < 4.78 is 5.69. The number of anilines is 1. The van der Waals surface area contributed by atoms with Gasteiger partial charge in [0, 0.05) is 10.6 Å². The van der Waals surface area contributed by atoms with E-state index < -0.39 is 0 Å². The Bertz CT molecular complexity index is 848. The Labute approximate surface area is 154 Å². The van der Waals surface area contributed by atoms with Crippen molar-refractivity contribution in [1.29, 1.82) is 0 Å². The highest BCUT2D eigenvalue weighted by atomic mass is 35.5. The van der Waals surface area contributed by atoms with Crippen molar-refractivity contribution >= 4 is 34.0 Å². The lowest BCUT2D eigenvalue weighted by Crippen LogP contribution is -2.11. The summed E-state index contributed by atoms with van der Waals surface area (Å²) in [5.41, 5.74) is 1.77. The van der Waals surface area contributed by atoms with Gasteiger partial charge in [-0.05, 0) is 48.4 Å². The van der Waals surface area contributed by atoms with Crippen LogP contribution in [-0.2, 0) is 13.0 Å². The summed E-state index contributed by atoms with van der Waals surface area (Å²) in [5.74, 6) is 0.523. The van der Waals surface area contributed by atoms with Crippen LogP contribution in [0.5, 0.6) is 5.75 Å². The third-order valence-electron chi connectivity index (χ3n) is 3.49. The van der Waals surface area contributed by atoms with E-state index in [0.717, 1.165) is 12.2 Å². The molecular formula is C18H16ClN3O2S. The molecule has 0 aliphatic rings. The van der Waals surface area contributed by atoms with Crippen molar-refractivity contribution in [3.63, 3.8) is 0 Å². The fourth-order valence-electron chi connectivity index (χ4n) is 2.10. The molecule has 1 aromatic heterocycles. The Kier molecular flexibility index (Phi) is 5.63. The minimum absolute atomic E-state index is 0.254. The number of ether oxygens (including phenoxy) is 1. The molecule has 1 N–H and O–H groups in total. The van der Waals surface area contributed by atoms with E-state index in [4.69, 9.17) is 16.3 Å². The molecule has 0 saturated carbocycles. The van der Waals surface area contributed by atoms with Gasteiger partial charge in [-0.3, -0.25) is 10.1 Å². The van der Waals surface area contributed by atoms with Gasteiger partial charge in [0.2, 0.25) is 5.13 Å². The summed E-state index contributed by atoms with van der Waals surface area (Å²) >= 11 is 7.10. The van der Waals surface area contributed by atoms with Gasteiger partial charge >= 0.3 is 0 Å². The third-order valence-corrected chi connectivity index (χ3v) is 4.55. The van der Waals surface area contributed by atoms with E-state index in [0.29, 0.717) is 27.3 Å². The molecule has 0 bridgehead atoms. The molecule has 3 rings (SSSR count). The maximum atomic E-state index is 12.1. The van der Waals surface area contributed by atoms with Crippen molar-refractivity contribution in [2.24, 2.45) is 0 Å². The number of amides is 1. The van der Waals surface area contributed by atoms with E-state index in [9.17, 15) is 4.79 Å². The molecule has 0 saturated heterocycles. The summed E-state index contributed by atoms with van der Waals surface area (Å²) in [6.07, 6.45) is 0.993. The Hall–Kier alpha value is -2.44. The van der Waals surface area contributed by atoms with Crippen molar-refractivity contribution in [3.05, 3.63) is 69.7 Å². The number of benzene rings is 2. The average Bonchev–Trinajstić information content (AvgIpc) is 3.08. The van der Waals surface area contributed by atoms with E-state index in [1.807, 2.05) is 24.3 Å². The molecule has 1 amide bonds. The lowest BCUT2D eigenvalue weighted by atomic mass is 10.2. The number of carbonyl (C=O) groups is 1. The Morgan fingerprint density at radius 2 is 1.84 bits per heavy atom. The quantitative estimate of drug-likeness (QED) is 0.686. The van der Waals surface area contributed by atoms with Gasteiger partial charge in [-0.25, -0.2) is 0 Å². The molecule has 25 heavy (non-hydrogen) atoms. The number of rotatable bonds is 6. The number of halogens is 1. The molecule has 128 valence electrons. The first-order chi connectivity index (χ1) is 12.1. The number of nitrogens with one attached hydrogen (secondary N) is 1. The van der Waals surface area contributed by atoms with Gasteiger partial charge in [-0.2, -0.15) is 0 Å². The van der Waals surface area contributed by atoms with E-state index in [1.165, 1.54) is 16.9 Å². The summed E-state index contributed by atoms with van der Waals surface area (Å²) in [5, 5.41) is 12.4. The molecule has 7 heteroatoms. The van der Waals surface area contributed by atoms with Crippen LogP contribution in [0, 0.1) is 0 Å². The predicted octanol–water partition coefficient (Wildman–Crippen LogP) is 4.59. The van der Waals surface area contributed by atoms with E-state index in [1.54, 1.807) is 24.3 Å². The third kappa shape index (κ3) is 4.78. The molecule has 0 spiro atoms. The van der Waals surface area contributed by atoms with Crippen LogP contribution in [0.3, 0.4) is 0 Å². The molecule has 0 atom stereocenters. The minimum atomic E-state index is -0.254. The van der Waals surface area contributed by atoms with Gasteiger partial charge in [0.25, 0.3) is 5.91 Å². The van der Waals surface area contributed by atoms with Crippen molar-refractivity contribution in [3.8, 4) is 5.75 Å². The SMILES string of the molecule is CCc1ccc(OCc2nnc(NC(=O)c3ccc(Cl)cc3)s2)cc1. The minimum Gasteiger partial charge on any atom is -0.486 e. The standard InChI is InChI=1S/C18H16ClN3O2S/c1-2-12-3-9-15(10-4-12)24-11-16-21-22-18(25-16)20-17(23)13-5-7-14(19)8-6-13/h3-10H,2,11H2,1H3,(H,20,22,23). The Morgan fingerprint density at radius 3 is 2.52 bits per heavy atom. The zero-order valence-electron chi connectivity index (χ0n) is 13.5. The van der Waals surface area contributed by atoms with Gasteiger partial charge in [0.15, 0.2) is 5.01 Å². The zero-order chi connectivity index (χ0) is 17.6. The summed E-state index contributed by atoms with van der Waals surface area (Å²) in [7, 11) is 0. The van der Waals surface area contributed by atoms with Gasteiger partial charge in [0.1, 0.15) is 12.4 Å². The second-order valence-corrected chi connectivity index (χ2v) is 6.75. The van der Waals surface area contributed by atoms with Crippen LogP contribution >= 0.6 is 22.9 Å². The molecule has 2 aromatic carbocycles. The smallest absolute Gasteiger partial charge is 0.257 e. The number of aromatic nitrogens is 2. The molecule has 3 aromatic rings.